The number of rotatable bonds is 2. The fraction of sp³-hybridized carbons (Fsp3) is 0.211. The van der Waals surface area contributed by atoms with Gasteiger partial charge in [0.25, 0.3) is 5.56 Å². The lowest BCUT2D eigenvalue weighted by Crippen LogP contribution is -2.10. The van der Waals surface area contributed by atoms with Crippen LogP contribution in [0.5, 0.6) is 0 Å². The maximum atomic E-state index is 12.1. The van der Waals surface area contributed by atoms with Gasteiger partial charge in [-0.3, -0.25) is 4.79 Å². The predicted octanol–water partition coefficient (Wildman–Crippen LogP) is 3.75. The Kier molecular flexibility index (Phi) is 4.52. The molecule has 3 heterocycles. The third kappa shape index (κ3) is 2.98. The van der Waals surface area contributed by atoms with Crippen LogP contribution >= 0.6 is 0 Å². The van der Waals surface area contributed by atoms with Crippen molar-refractivity contribution >= 4 is 11.0 Å². The first kappa shape index (κ1) is 16.7. The highest BCUT2D eigenvalue weighted by Crippen LogP contribution is 2.25. The predicted molar refractivity (Wildman–Crippen MR) is 100 cm³/mol. The van der Waals surface area contributed by atoms with E-state index in [0.717, 1.165) is 27.8 Å². The highest BCUT2D eigenvalue weighted by atomic mass is 16.1. The topological polar surface area (TPSA) is 79.4 Å². The number of aromatic nitrogens is 5. The van der Waals surface area contributed by atoms with E-state index < -0.39 is 0 Å². The molecule has 0 atom stereocenters. The van der Waals surface area contributed by atoms with Gasteiger partial charge in [0.1, 0.15) is 5.82 Å². The number of aromatic amines is 2. The number of imidazole rings is 2. The number of hydrogen-bond donors (Lipinski definition) is 2. The Bertz CT molecular complexity index is 1060. The van der Waals surface area contributed by atoms with Crippen molar-refractivity contribution in [3.63, 3.8) is 0 Å². The molecular formula is C19H21N5O. The number of hydrogen-bond acceptors (Lipinski definition) is 3. The van der Waals surface area contributed by atoms with Crippen molar-refractivity contribution in [2.24, 2.45) is 0 Å². The summed E-state index contributed by atoms with van der Waals surface area (Å²) in [6.07, 6.45) is 7.03. The van der Waals surface area contributed by atoms with E-state index in [4.69, 9.17) is 0 Å². The van der Waals surface area contributed by atoms with Gasteiger partial charge in [-0.2, -0.15) is 0 Å². The number of fused-ring (bicyclic) bond motifs is 1. The van der Waals surface area contributed by atoms with Gasteiger partial charge in [0.05, 0.1) is 22.9 Å². The van der Waals surface area contributed by atoms with E-state index >= 15 is 0 Å². The fourth-order valence-electron chi connectivity index (χ4n) is 2.82. The molecule has 0 saturated carbocycles. The lowest BCUT2D eigenvalue weighted by Gasteiger charge is -2.03. The SMILES string of the molecule is CC.Cc1cc[nH]c(=O)c1-c1nc2c(C)cc(-n3ccnc3)cc2[nH]1. The number of H-pyrrole nitrogens is 2. The summed E-state index contributed by atoms with van der Waals surface area (Å²) < 4.78 is 1.94. The molecule has 0 aliphatic heterocycles. The van der Waals surface area contributed by atoms with Crippen LogP contribution in [0.3, 0.4) is 0 Å². The summed E-state index contributed by atoms with van der Waals surface area (Å²) in [5, 5.41) is 0. The maximum Gasteiger partial charge on any atom is 0.259 e. The molecule has 0 radical (unpaired) electrons. The molecular weight excluding hydrogens is 314 g/mol. The van der Waals surface area contributed by atoms with Crippen molar-refractivity contribution in [3.8, 4) is 17.1 Å². The summed E-state index contributed by atoms with van der Waals surface area (Å²) >= 11 is 0. The van der Waals surface area contributed by atoms with Crippen LogP contribution in [-0.4, -0.2) is 24.5 Å². The van der Waals surface area contributed by atoms with Crippen molar-refractivity contribution in [2.75, 3.05) is 0 Å². The molecule has 0 saturated heterocycles. The first-order valence-corrected chi connectivity index (χ1v) is 8.31. The molecule has 6 nitrogen and oxygen atoms in total. The number of nitrogens with zero attached hydrogens (tertiary/aromatic N) is 3. The number of pyridine rings is 1. The summed E-state index contributed by atoms with van der Waals surface area (Å²) in [5.74, 6) is 0.588. The van der Waals surface area contributed by atoms with Gasteiger partial charge in [-0.05, 0) is 43.2 Å². The first-order chi connectivity index (χ1) is 12.1. The molecule has 4 aromatic rings. The average Bonchev–Trinajstić information content (AvgIpc) is 3.26. The molecule has 3 aromatic heterocycles. The van der Waals surface area contributed by atoms with Crippen molar-refractivity contribution in [1.82, 2.24) is 24.5 Å². The summed E-state index contributed by atoms with van der Waals surface area (Å²) in [5.41, 5.74) is 5.13. The van der Waals surface area contributed by atoms with Crippen molar-refractivity contribution in [2.45, 2.75) is 27.7 Å². The summed E-state index contributed by atoms with van der Waals surface area (Å²) in [6.45, 7) is 7.91. The van der Waals surface area contributed by atoms with Gasteiger partial charge in [-0.25, -0.2) is 9.97 Å². The minimum Gasteiger partial charge on any atom is -0.338 e. The van der Waals surface area contributed by atoms with Crippen LogP contribution in [-0.2, 0) is 0 Å². The molecule has 0 fully saturated rings. The van der Waals surface area contributed by atoms with E-state index in [1.165, 1.54) is 0 Å². The Hall–Kier alpha value is -3.15. The van der Waals surface area contributed by atoms with E-state index in [0.29, 0.717) is 11.4 Å². The minimum absolute atomic E-state index is 0.142. The molecule has 0 bridgehead atoms. The summed E-state index contributed by atoms with van der Waals surface area (Å²) in [4.78, 5) is 26.8. The molecule has 1 aromatic carbocycles. The lowest BCUT2D eigenvalue weighted by molar-refractivity contribution is 1.06. The molecule has 0 aliphatic rings. The van der Waals surface area contributed by atoms with Gasteiger partial charge < -0.3 is 14.5 Å². The first-order valence-electron chi connectivity index (χ1n) is 8.31. The molecule has 25 heavy (non-hydrogen) atoms. The molecule has 0 spiro atoms. The van der Waals surface area contributed by atoms with Gasteiger partial charge in [0, 0.05) is 24.3 Å². The van der Waals surface area contributed by atoms with E-state index in [1.54, 1.807) is 18.7 Å². The highest BCUT2D eigenvalue weighted by Gasteiger charge is 2.13. The second-order valence-electron chi connectivity index (χ2n) is 5.58. The molecule has 0 amide bonds. The second-order valence-corrected chi connectivity index (χ2v) is 5.58. The number of benzene rings is 1. The molecule has 0 unspecified atom stereocenters. The average molecular weight is 335 g/mol. The van der Waals surface area contributed by atoms with E-state index in [2.05, 4.69) is 26.0 Å². The molecule has 0 aliphatic carbocycles. The third-order valence-corrected chi connectivity index (χ3v) is 3.97. The highest BCUT2D eigenvalue weighted by molar-refractivity contribution is 5.84. The number of nitrogens with one attached hydrogen (secondary N) is 2. The summed E-state index contributed by atoms with van der Waals surface area (Å²) in [6, 6.07) is 5.93. The van der Waals surface area contributed by atoms with Gasteiger partial charge >= 0.3 is 0 Å². The maximum absolute atomic E-state index is 12.1. The summed E-state index contributed by atoms with van der Waals surface area (Å²) in [7, 11) is 0. The molecule has 128 valence electrons. The van der Waals surface area contributed by atoms with Crippen LogP contribution in [0.25, 0.3) is 28.1 Å². The normalized spacial score (nSPS) is 10.6. The van der Waals surface area contributed by atoms with E-state index in [-0.39, 0.29) is 5.56 Å². The van der Waals surface area contributed by atoms with Crippen molar-refractivity contribution < 1.29 is 0 Å². The zero-order chi connectivity index (χ0) is 18.0. The zero-order valence-electron chi connectivity index (χ0n) is 14.8. The van der Waals surface area contributed by atoms with Crippen molar-refractivity contribution in [1.29, 1.82) is 0 Å². The Labute approximate surface area is 145 Å². The van der Waals surface area contributed by atoms with E-state index in [9.17, 15) is 4.79 Å². The van der Waals surface area contributed by atoms with Crippen LogP contribution in [0.15, 0.2) is 47.9 Å². The minimum atomic E-state index is -0.142. The second kappa shape index (κ2) is 6.76. The van der Waals surface area contributed by atoms with Crippen LogP contribution in [0, 0.1) is 13.8 Å². The smallest absolute Gasteiger partial charge is 0.259 e. The Morgan fingerprint density at radius 2 is 1.92 bits per heavy atom. The van der Waals surface area contributed by atoms with Crippen LogP contribution < -0.4 is 5.56 Å². The van der Waals surface area contributed by atoms with Crippen LogP contribution in [0.2, 0.25) is 0 Å². The Morgan fingerprint density at radius 1 is 1.12 bits per heavy atom. The quantitative estimate of drug-likeness (QED) is 0.585. The zero-order valence-corrected chi connectivity index (χ0v) is 14.8. The lowest BCUT2D eigenvalue weighted by atomic mass is 10.1. The van der Waals surface area contributed by atoms with Crippen LogP contribution in [0.1, 0.15) is 25.0 Å². The molecule has 6 heteroatoms. The Balaban J connectivity index is 0.000000880. The standard InChI is InChI=1S/C17H15N5O.C2H6/c1-10-3-4-19-17(23)14(10)16-20-13-8-12(22-6-5-18-9-22)7-11(2)15(13)21-16;1-2/h3-9H,1-2H3,(H,19,23)(H,20,21);1-2H3. The monoisotopic (exact) mass is 335 g/mol. The van der Waals surface area contributed by atoms with Gasteiger partial charge in [0.2, 0.25) is 0 Å². The van der Waals surface area contributed by atoms with E-state index in [1.807, 2.05) is 50.6 Å². The van der Waals surface area contributed by atoms with Gasteiger partial charge in [-0.15, -0.1) is 0 Å². The Morgan fingerprint density at radius 3 is 2.60 bits per heavy atom. The van der Waals surface area contributed by atoms with Crippen molar-refractivity contribution in [3.05, 3.63) is 64.6 Å². The molecule has 4 rings (SSSR count). The van der Waals surface area contributed by atoms with Gasteiger partial charge in [-0.1, -0.05) is 13.8 Å². The third-order valence-electron chi connectivity index (χ3n) is 3.97. The fourth-order valence-corrected chi connectivity index (χ4v) is 2.82. The molecule has 2 N–H and O–H groups in total. The van der Waals surface area contributed by atoms with Crippen LogP contribution in [0.4, 0.5) is 0 Å². The largest absolute Gasteiger partial charge is 0.338 e. The van der Waals surface area contributed by atoms with Gasteiger partial charge in [0.15, 0.2) is 0 Å². The number of aryl methyl sites for hydroxylation is 2.